The molecule has 218 valence electrons. The maximum absolute atomic E-state index is 14.4. The maximum atomic E-state index is 14.4. The van der Waals surface area contributed by atoms with Crippen molar-refractivity contribution in [2.45, 2.75) is 37.8 Å². The molecule has 2 amide bonds. The molecule has 4 rings (SSSR count). The van der Waals surface area contributed by atoms with Gasteiger partial charge >= 0.3 is 0 Å². The second-order valence-corrected chi connectivity index (χ2v) is 12.3. The van der Waals surface area contributed by atoms with Gasteiger partial charge in [0.05, 0.1) is 10.6 Å². The van der Waals surface area contributed by atoms with Crippen LogP contribution in [0.2, 0.25) is 5.02 Å². The summed E-state index contributed by atoms with van der Waals surface area (Å²) in [5.74, 6) is -0.876. The Bertz CT molecular complexity index is 1650. The van der Waals surface area contributed by atoms with Crippen LogP contribution in [0.4, 0.5) is 5.69 Å². The molecular formula is C33H34ClN3O4S. The number of anilines is 1. The summed E-state index contributed by atoms with van der Waals surface area (Å²) in [6.45, 7) is 3.28. The summed E-state index contributed by atoms with van der Waals surface area (Å²) in [7, 11) is -2.66. The molecule has 42 heavy (non-hydrogen) atoms. The van der Waals surface area contributed by atoms with E-state index in [0.717, 1.165) is 21.0 Å². The molecule has 0 saturated heterocycles. The number of hydrogen-bond acceptors (Lipinski definition) is 4. The van der Waals surface area contributed by atoms with E-state index in [0.29, 0.717) is 10.6 Å². The molecule has 0 aromatic heterocycles. The number of likely N-dealkylation sites (N-methyl/N-ethyl adjacent to an activating group) is 1. The minimum Gasteiger partial charge on any atom is -0.357 e. The summed E-state index contributed by atoms with van der Waals surface area (Å²) in [5.41, 5.74) is 3.59. The molecule has 0 aliphatic rings. The first-order valence-corrected chi connectivity index (χ1v) is 15.4. The predicted molar refractivity (Wildman–Crippen MR) is 167 cm³/mol. The fourth-order valence-corrected chi connectivity index (χ4v) is 6.43. The quantitative estimate of drug-likeness (QED) is 0.244. The Balaban J connectivity index is 1.82. The Kier molecular flexibility index (Phi) is 10.0. The molecule has 0 fully saturated rings. The van der Waals surface area contributed by atoms with Crippen molar-refractivity contribution in [2.24, 2.45) is 0 Å². The molecule has 0 spiro atoms. The van der Waals surface area contributed by atoms with E-state index >= 15 is 0 Å². The summed E-state index contributed by atoms with van der Waals surface area (Å²) >= 11 is 6.31. The SMILES string of the molecule is CNC(=O)C(Cc1ccccc1)N(Cc1ccccc1C)C(=O)CN(c1cc(Cl)ccc1C)S(=O)(=O)c1ccccc1. The Morgan fingerprint density at radius 3 is 2.10 bits per heavy atom. The van der Waals surface area contributed by atoms with E-state index in [2.05, 4.69) is 5.32 Å². The summed E-state index contributed by atoms with van der Waals surface area (Å²) in [5, 5.41) is 3.03. The molecular weight excluding hydrogens is 570 g/mol. The van der Waals surface area contributed by atoms with Gasteiger partial charge in [-0.15, -0.1) is 0 Å². The van der Waals surface area contributed by atoms with Crippen LogP contribution in [0.5, 0.6) is 0 Å². The number of hydrogen-bond donors (Lipinski definition) is 1. The Morgan fingerprint density at radius 2 is 1.45 bits per heavy atom. The summed E-state index contributed by atoms with van der Waals surface area (Å²) in [6.07, 6.45) is 0.250. The third-order valence-electron chi connectivity index (χ3n) is 7.17. The number of rotatable bonds is 11. The molecule has 1 unspecified atom stereocenters. The van der Waals surface area contributed by atoms with Crippen molar-refractivity contribution in [1.29, 1.82) is 0 Å². The van der Waals surface area contributed by atoms with Crippen LogP contribution in [-0.2, 0) is 32.6 Å². The number of halogens is 1. The first-order chi connectivity index (χ1) is 20.1. The van der Waals surface area contributed by atoms with Crippen LogP contribution in [0.25, 0.3) is 0 Å². The van der Waals surface area contributed by atoms with Crippen LogP contribution in [0.15, 0.2) is 108 Å². The lowest BCUT2D eigenvalue weighted by atomic mass is 10.0. The Hall–Kier alpha value is -4.14. The molecule has 4 aromatic rings. The van der Waals surface area contributed by atoms with Crippen LogP contribution in [-0.4, -0.2) is 44.8 Å². The van der Waals surface area contributed by atoms with Crippen molar-refractivity contribution in [2.75, 3.05) is 17.9 Å². The van der Waals surface area contributed by atoms with Crippen molar-refractivity contribution < 1.29 is 18.0 Å². The summed E-state index contributed by atoms with van der Waals surface area (Å²) in [4.78, 5) is 29.2. The van der Waals surface area contributed by atoms with E-state index in [1.165, 1.54) is 30.1 Å². The van der Waals surface area contributed by atoms with E-state index in [1.54, 1.807) is 37.3 Å². The highest BCUT2D eigenvalue weighted by Gasteiger charge is 2.35. The van der Waals surface area contributed by atoms with Crippen molar-refractivity contribution >= 4 is 39.1 Å². The zero-order valence-corrected chi connectivity index (χ0v) is 25.4. The largest absolute Gasteiger partial charge is 0.357 e. The summed E-state index contributed by atoms with van der Waals surface area (Å²) in [6, 6.07) is 29.0. The van der Waals surface area contributed by atoms with Crippen molar-refractivity contribution in [3.8, 4) is 0 Å². The van der Waals surface area contributed by atoms with Gasteiger partial charge in [0.15, 0.2) is 0 Å². The number of amides is 2. The van der Waals surface area contributed by atoms with E-state index in [1.807, 2.05) is 61.5 Å². The van der Waals surface area contributed by atoms with Crippen molar-refractivity contribution in [3.63, 3.8) is 0 Å². The van der Waals surface area contributed by atoms with Crippen LogP contribution < -0.4 is 9.62 Å². The number of nitrogens with one attached hydrogen (secondary N) is 1. The first kappa shape index (κ1) is 30.8. The minimum absolute atomic E-state index is 0.0368. The van der Waals surface area contributed by atoms with Crippen molar-refractivity contribution in [3.05, 3.63) is 130 Å². The number of benzene rings is 4. The maximum Gasteiger partial charge on any atom is 0.264 e. The normalized spacial score (nSPS) is 11.9. The summed E-state index contributed by atoms with van der Waals surface area (Å²) < 4.78 is 29.2. The van der Waals surface area contributed by atoms with E-state index in [4.69, 9.17) is 11.6 Å². The van der Waals surface area contributed by atoms with Gasteiger partial charge in [0.1, 0.15) is 12.6 Å². The zero-order chi connectivity index (χ0) is 30.3. The molecule has 1 atom stereocenters. The lowest BCUT2D eigenvalue weighted by Crippen LogP contribution is -2.53. The zero-order valence-electron chi connectivity index (χ0n) is 23.8. The third kappa shape index (κ3) is 7.19. The highest BCUT2D eigenvalue weighted by Crippen LogP contribution is 2.30. The lowest BCUT2D eigenvalue weighted by molar-refractivity contribution is -0.139. The van der Waals surface area contributed by atoms with E-state index in [9.17, 15) is 18.0 Å². The monoisotopic (exact) mass is 603 g/mol. The van der Waals surface area contributed by atoms with Crippen LogP contribution in [0, 0.1) is 13.8 Å². The second kappa shape index (κ2) is 13.7. The molecule has 1 N–H and O–H groups in total. The number of aryl methyl sites for hydroxylation is 2. The fourth-order valence-electron chi connectivity index (χ4n) is 4.78. The molecule has 0 radical (unpaired) electrons. The van der Waals surface area contributed by atoms with Gasteiger partial charge in [-0.25, -0.2) is 8.42 Å². The molecule has 0 bridgehead atoms. The molecule has 0 saturated carbocycles. The minimum atomic E-state index is -4.19. The molecule has 4 aromatic carbocycles. The third-order valence-corrected chi connectivity index (χ3v) is 9.18. The highest BCUT2D eigenvalue weighted by atomic mass is 35.5. The average molecular weight is 604 g/mol. The van der Waals surface area contributed by atoms with Crippen molar-refractivity contribution in [1.82, 2.24) is 10.2 Å². The van der Waals surface area contributed by atoms with Gasteiger partial charge in [-0.3, -0.25) is 13.9 Å². The number of carbonyl (C=O) groups is 2. The van der Waals surface area contributed by atoms with Gasteiger partial charge in [-0.1, -0.05) is 90.5 Å². The van der Waals surface area contributed by atoms with Gasteiger partial charge in [0, 0.05) is 25.0 Å². The number of sulfonamides is 1. The van der Waals surface area contributed by atoms with Crippen LogP contribution in [0.3, 0.4) is 0 Å². The first-order valence-electron chi connectivity index (χ1n) is 13.5. The Labute approximate surface area is 252 Å². The molecule has 7 nitrogen and oxygen atoms in total. The van der Waals surface area contributed by atoms with Gasteiger partial charge in [-0.2, -0.15) is 0 Å². The smallest absolute Gasteiger partial charge is 0.264 e. The van der Waals surface area contributed by atoms with Gasteiger partial charge in [0.2, 0.25) is 11.8 Å². The fraction of sp³-hybridized carbons (Fsp3) is 0.212. The van der Waals surface area contributed by atoms with E-state index < -0.39 is 28.5 Å². The van der Waals surface area contributed by atoms with Crippen LogP contribution in [0.1, 0.15) is 22.3 Å². The molecule has 9 heteroatoms. The second-order valence-electron chi connectivity index (χ2n) is 10.0. The number of nitrogens with zero attached hydrogens (tertiary/aromatic N) is 2. The topological polar surface area (TPSA) is 86.8 Å². The Morgan fingerprint density at radius 1 is 0.833 bits per heavy atom. The van der Waals surface area contributed by atoms with E-state index in [-0.39, 0.29) is 29.5 Å². The predicted octanol–water partition coefficient (Wildman–Crippen LogP) is 5.54. The highest BCUT2D eigenvalue weighted by molar-refractivity contribution is 7.92. The number of carbonyl (C=O) groups excluding carboxylic acids is 2. The van der Waals surface area contributed by atoms with Crippen LogP contribution >= 0.6 is 11.6 Å². The van der Waals surface area contributed by atoms with Gasteiger partial charge in [0.25, 0.3) is 10.0 Å². The molecule has 0 aliphatic carbocycles. The average Bonchev–Trinajstić information content (AvgIpc) is 3.00. The lowest BCUT2D eigenvalue weighted by Gasteiger charge is -2.34. The standard InChI is InChI=1S/C33H34ClN3O4S/c1-24-12-10-11-15-27(24)22-36(31(33(39)35-3)20-26-13-6-4-7-14-26)32(38)23-37(30-21-28(34)19-18-25(30)2)42(40,41)29-16-8-5-9-17-29/h4-19,21,31H,20,22-23H2,1-3H3,(H,35,39). The van der Waals surface area contributed by atoms with Gasteiger partial charge < -0.3 is 10.2 Å². The molecule has 0 heterocycles. The molecule has 0 aliphatic heterocycles. The van der Waals surface area contributed by atoms with Gasteiger partial charge in [-0.05, 0) is 60.4 Å².